The van der Waals surface area contributed by atoms with Gasteiger partial charge in [-0.1, -0.05) is 43.0 Å². The van der Waals surface area contributed by atoms with Gasteiger partial charge in [0.25, 0.3) is 0 Å². The monoisotopic (exact) mass is 232 g/mol. The van der Waals surface area contributed by atoms with Crippen molar-refractivity contribution in [2.75, 3.05) is 0 Å². The van der Waals surface area contributed by atoms with E-state index in [1.807, 2.05) is 24.3 Å². The molecule has 2 aromatic carbocycles. The Morgan fingerprint density at radius 1 is 1.22 bits per heavy atom. The van der Waals surface area contributed by atoms with Crippen molar-refractivity contribution < 1.29 is 4.42 Å². The van der Waals surface area contributed by atoms with E-state index in [1.165, 1.54) is 10.8 Å². The zero-order chi connectivity index (χ0) is 12.5. The van der Waals surface area contributed by atoms with Gasteiger partial charge in [-0.2, -0.15) is 0 Å². The van der Waals surface area contributed by atoms with Gasteiger partial charge in [-0.05, 0) is 16.8 Å². The number of fused-ring (bicyclic) bond motifs is 3. The van der Waals surface area contributed by atoms with Gasteiger partial charge in [0.2, 0.25) is 0 Å². The molecule has 0 N–H and O–H groups in total. The van der Waals surface area contributed by atoms with Crippen molar-refractivity contribution >= 4 is 34.4 Å². The van der Waals surface area contributed by atoms with Crippen LogP contribution in [-0.2, 0) is 0 Å². The predicted molar refractivity (Wildman–Crippen MR) is 76.4 cm³/mol. The summed E-state index contributed by atoms with van der Waals surface area (Å²) in [6.45, 7) is 3.95. The number of terminal acetylenes is 1. The second-order valence-corrected chi connectivity index (χ2v) is 4.21. The molecule has 3 aromatic rings. The SMILES string of the molecule is C#CC/C=c1\c(=C)oc2ccc3ccccc3c12. The van der Waals surface area contributed by atoms with Crippen LogP contribution in [0, 0.1) is 12.3 Å². The third-order valence-corrected chi connectivity index (χ3v) is 3.12. The van der Waals surface area contributed by atoms with Crippen molar-refractivity contribution in [2.45, 2.75) is 6.42 Å². The lowest BCUT2D eigenvalue weighted by Gasteiger charge is -1.97. The summed E-state index contributed by atoms with van der Waals surface area (Å²) in [5.41, 5.74) is 1.54. The van der Waals surface area contributed by atoms with E-state index in [1.54, 1.807) is 0 Å². The number of hydrogen-bond donors (Lipinski definition) is 0. The van der Waals surface area contributed by atoms with Crippen molar-refractivity contribution in [3.8, 4) is 12.3 Å². The summed E-state index contributed by atoms with van der Waals surface area (Å²) in [5, 5.41) is 4.49. The summed E-state index contributed by atoms with van der Waals surface area (Å²) in [4.78, 5) is 0. The fraction of sp³-hybridized carbons (Fsp3) is 0.0588. The Hall–Kier alpha value is -2.46. The summed E-state index contributed by atoms with van der Waals surface area (Å²) >= 11 is 0. The second kappa shape index (κ2) is 4.09. The largest absolute Gasteiger partial charge is 0.457 e. The number of rotatable bonds is 1. The van der Waals surface area contributed by atoms with E-state index in [2.05, 4.69) is 30.7 Å². The lowest BCUT2D eigenvalue weighted by Crippen LogP contribution is -2.17. The summed E-state index contributed by atoms with van der Waals surface area (Å²) in [5.74, 6) is 2.62. The van der Waals surface area contributed by atoms with Crippen molar-refractivity contribution in [1.29, 1.82) is 0 Å². The first kappa shape index (κ1) is 10.7. The maximum Gasteiger partial charge on any atom is 0.136 e. The molecule has 0 aliphatic heterocycles. The van der Waals surface area contributed by atoms with Crippen molar-refractivity contribution in [3.05, 3.63) is 47.0 Å². The lowest BCUT2D eigenvalue weighted by molar-refractivity contribution is 0.577. The maximum absolute atomic E-state index is 5.69. The highest BCUT2D eigenvalue weighted by atomic mass is 16.3. The van der Waals surface area contributed by atoms with Crippen LogP contribution in [0.3, 0.4) is 0 Å². The van der Waals surface area contributed by atoms with Gasteiger partial charge in [-0.3, -0.25) is 0 Å². The van der Waals surface area contributed by atoms with E-state index in [0.717, 1.165) is 16.2 Å². The van der Waals surface area contributed by atoms with Gasteiger partial charge in [0.1, 0.15) is 11.0 Å². The summed E-state index contributed by atoms with van der Waals surface area (Å²) in [6.07, 6.45) is 7.90. The minimum atomic E-state index is 0.584. The highest BCUT2D eigenvalue weighted by molar-refractivity contribution is 6.06. The molecule has 0 saturated heterocycles. The van der Waals surface area contributed by atoms with Crippen LogP contribution in [0.1, 0.15) is 6.42 Å². The molecular formula is C17H12O. The van der Waals surface area contributed by atoms with E-state index in [4.69, 9.17) is 10.8 Å². The molecule has 0 atom stereocenters. The third kappa shape index (κ3) is 1.51. The van der Waals surface area contributed by atoms with Gasteiger partial charge in [0.15, 0.2) is 0 Å². The predicted octanol–water partition coefficient (Wildman–Crippen LogP) is 2.80. The molecule has 1 heterocycles. The van der Waals surface area contributed by atoms with Crippen LogP contribution >= 0.6 is 0 Å². The molecule has 3 rings (SSSR count). The molecule has 0 radical (unpaired) electrons. The number of benzene rings is 2. The van der Waals surface area contributed by atoms with Crippen LogP contribution in [0.2, 0.25) is 0 Å². The molecule has 86 valence electrons. The molecule has 18 heavy (non-hydrogen) atoms. The van der Waals surface area contributed by atoms with Crippen LogP contribution in [0.15, 0.2) is 40.8 Å². The van der Waals surface area contributed by atoms with E-state index in [9.17, 15) is 0 Å². The number of hydrogen-bond acceptors (Lipinski definition) is 1. The molecule has 0 amide bonds. The van der Waals surface area contributed by atoms with Gasteiger partial charge in [-0.15, -0.1) is 12.3 Å². The Bertz CT molecular complexity index is 875. The molecule has 1 heteroatoms. The topological polar surface area (TPSA) is 13.1 Å². The minimum Gasteiger partial charge on any atom is -0.457 e. The highest BCUT2D eigenvalue weighted by Crippen LogP contribution is 2.21. The molecule has 1 aromatic heterocycles. The Labute approximate surface area is 105 Å². The van der Waals surface area contributed by atoms with Crippen molar-refractivity contribution in [1.82, 2.24) is 0 Å². The fourth-order valence-corrected chi connectivity index (χ4v) is 2.32. The van der Waals surface area contributed by atoms with Gasteiger partial charge in [0, 0.05) is 17.0 Å². The first-order chi connectivity index (χ1) is 8.81. The first-order valence-electron chi connectivity index (χ1n) is 5.84. The minimum absolute atomic E-state index is 0.584. The smallest absolute Gasteiger partial charge is 0.136 e. The Morgan fingerprint density at radius 3 is 2.89 bits per heavy atom. The molecular weight excluding hydrogens is 220 g/mol. The van der Waals surface area contributed by atoms with Gasteiger partial charge in [-0.25, -0.2) is 0 Å². The zero-order valence-electron chi connectivity index (χ0n) is 9.94. The normalized spacial score (nSPS) is 12.1. The highest BCUT2D eigenvalue weighted by Gasteiger charge is 2.05. The fourth-order valence-electron chi connectivity index (χ4n) is 2.32. The molecule has 0 aliphatic rings. The molecule has 0 unspecified atom stereocenters. The van der Waals surface area contributed by atoms with Crippen LogP contribution in [0.5, 0.6) is 0 Å². The lowest BCUT2D eigenvalue weighted by atomic mass is 10.1. The van der Waals surface area contributed by atoms with Gasteiger partial charge >= 0.3 is 0 Å². The third-order valence-electron chi connectivity index (χ3n) is 3.12. The van der Waals surface area contributed by atoms with Crippen LogP contribution in [-0.4, -0.2) is 0 Å². The van der Waals surface area contributed by atoms with Crippen LogP contribution in [0.4, 0.5) is 0 Å². The maximum atomic E-state index is 5.69. The van der Waals surface area contributed by atoms with Crippen LogP contribution < -0.4 is 10.6 Å². The molecule has 0 fully saturated rings. The zero-order valence-corrected chi connectivity index (χ0v) is 9.94. The summed E-state index contributed by atoms with van der Waals surface area (Å²) in [7, 11) is 0. The molecule has 1 nitrogen and oxygen atoms in total. The summed E-state index contributed by atoms with van der Waals surface area (Å²) in [6, 6.07) is 12.3. The summed E-state index contributed by atoms with van der Waals surface area (Å²) < 4.78 is 5.69. The molecule has 0 saturated carbocycles. The first-order valence-corrected chi connectivity index (χ1v) is 5.84. The number of furan rings is 1. The van der Waals surface area contributed by atoms with E-state index in [-0.39, 0.29) is 0 Å². The van der Waals surface area contributed by atoms with E-state index < -0.39 is 0 Å². The Morgan fingerprint density at radius 2 is 2.06 bits per heavy atom. The molecule has 0 spiro atoms. The Kier molecular flexibility index (Phi) is 2.42. The van der Waals surface area contributed by atoms with Crippen molar-refractivity contribution in [3.63, 3.8) is 0 Å². The quantitative estimate of drug-likeness (QED) is 0.588. The second-order valence-electron chi connectivity index (χ2n) is 4.21. The van der Waals surface area contributed by atoms with Crippen molar-refractivity contribution in [2.24, 2.45) is 0 Å². The van der Waals surface area contributed by atoms with Crippen LogP contribution in [0.25, 0.3) is 34.4 Å². The van der Waals surface area contributed by atoms with Gasteiger partial charge in [0.05, 0.1) is 0 Å². The van der Waals surface area contributed by atoms with E-state index in [0.29, 0.717) is 11.8 Å². The standard InChI is InChI=1S/C17H12O/c1-3-4-8-14-12(2)18-16-11-10-13-7-5-6-9-15(13)17(14)16/h1,5-11H,2,4H2/b14-8+. The average molecular weight is 232 g/mol. The average Bonchev–Trinajstić information content (AvgIpc) is 2.72. The molecule has 0 aliphatic carbocycles. The molecule has 0 bridgehead atoms. The van der Waals surface area contributed by atoms with E-state index >= 15 is 0 Å². The Balaban J connectivity index is 2.57. The van der Waals surface area contributed by atoms with Gasteiger partial charge < -0.3 is 4.42 Å².